The van der Waals surface area contributed by atoms with Crippen molar-refractivity contribution < 1.29 is 14.3 Å². The third-order valence-electron chi connectivity index (χ3n) is 3.49. The first-order chi connectivity index (χ1) is 12.5. The number of terminal acetylenes is 1. The summed E-state index contributed by atoms with van der Waals surface area (Å²) in [6, 6.07) is 5.16. The maximum Gasteiger partial charge on any atom is 0.338 e. The lowest BCUT2D eigenvalue weighted by atomic mass is 10.2. The first-order valence-corrected chi connectivity index (χ1v) is 9.26. The summed E-state index contributed by atoms with van der Waals surface area (Å²) >= 11 is 2.29. The molecular weight excluding hydrogens is 372 g/mol. The summed E-state index contributed by atoms with van der Waals surface area (Å²) in [6.07, 6.45) is 5.46. The highest BCUT2D eigenvalue weighted by atomic mass is 32.1. The standard InChI is InChI=1S/C17H14N4O3S2/c1-4-8-21-12-7-6-11(16(23)24-5-2)9-13(12)25-17(21)18-15(22)14-10(3)19-20-26-14/h1,6-7,9H,5,8H2,2-3H3. The average molecular weight is 386 g/mol. The van der Waals surface area contributed by atoms with E-state index in [4.69, 9.17) is 11.2 Å². The van der Waals surface area contributed by atoms with Gasteiger partial charge >= 0.3 is 5.97 Å². The van der Waals surface area contributed by atoms with Crippen LogP contribution in [0, 0.1) is 19.3 Å². The molecule has 3 rings (SSSR count). The number of rotatable bonds is 4. The van der Waals surface area contributed by atoms with Gasteiger partial charge in [0.25, 0.3) is 5.91 Å². The third kappa shape index (κ3) is 3.42. The fourth-order valence-corrected chi connectivity index (χ4v) is 3.92. The minimum Gasteiger partial charge on any atom is -0.462 e. The highest BCUT2D eigenvalue weighted by molar-refractivity contribution is 7.16. The number of ether oxygens (including phenoxy) is 1. The van der Waals surface area contributed by atoms with E-state index in [2.05, 4.69) is 20.5 Å². The summed E-state index contributed by atoms with van der Waals surface area (Å²) < 4.78 is 11.3. The lowest BCUT2D eigenvalue weighted by molar-refractivity contribution is 0.0526. The first-order valence-electron chi connectivity index (χ1n) is 7.67. The van der Waals surface area contributed by atoms with Gasteiger partial charge in [-0.2, -0.15) is 4.99 Å². The number of hydrogen-bond acceptors (Lipinski definition) is 7. The molecule has 0 atom stereocenters. The molecular formula is C17H14N4O3S2. The van der Waals surface area contributed by atoms with Crippen LogP contribution in [0.5, 0.6) is 0 Å². The highest BCUT2D eigenvalue weighted by Crippen LogP contribution is 2.20. The van der Waals surface area contributed by atoms with Crippen LogP contribution < -0.4 is 4.80 Å². The molecule has 0 bridgehead atoms. The summed E-state index contributed by atoms with van der Waals surface area (Å²) in [5.74, 6) is 1.75. The molecule has 0 radical (unpaired) electrons. The van der Waals surface area contributed by atoms with E-state index in [1.807, 2.05) is 0 Å². The van der Waals surface area contributed by atoms with E-state index in [1.165, 1.54) is 11.3 Å². The number of carbonyl (C=O) groups excluding carboxylic acids is 2. The molecule has 0 aliphatic heterocycles. The van der Waals surface area contributed by atoms with Gasteiger partial charge in [-0.05, 0) is 43.6 Å². The SMILES string of the molecule is C#CCn1c(=NC(=O)c2snnc2C)sc2cc(C(=O)OCC)ccc21. The molecule has 0 N–H and O–H groups in total. The van der Waals surface area contributed by atoms with Gasteiger partial charge in [0.1, 0.15) is 4.88 Å². The maximum atomic E-state index is 12.4. The molecule has 0 aliphatic carbocycles. The third-order valence-corrected chi connectivity index (χ3v) is 5.34. The summed E-state index contributed by atoms with van der Waals surface area (Å²) in [5, 5.41) is 3.83. The summed E-state index contributed by atoms with van der Waals surface area (Å²) in [5.41, 5.74) is 1.78. The van der Waals surface area contributed by atoms with Crippen LogP contribution >= 0.6 is 22.9 Å². The Hall–Kier alpha value is -2.83. The van der Waals surface area contributed by atoms with E-state index < -0.39 is 11.9 Å². The lowest BCUT2D eigenvalue weighted by Crippen LogP contribution is -2.16. The largest absolute Gasteiger partial charge is 0.462 e. The van der Waals surface area contributed by atoms with Crippen molar-refractivity contribution in [3.63, 3.8) is 0 Å². The summed E-state index contributed by atoms with van der Waals surface area (Å²) in [7, 11) is 0. The molecule has 26 heavy (non-hydrogen) atoms. The van der Waals surface area contributed by atoms with Crippen LogP contribution in [0.3, 0.4) is 0 Å². The van der Waals surface area contributed by atoms with Crippen LogP contribution in [0.25, 0.3) is 10.2 Å². The van der Waals surface area contributed by atoms with Gasteiger partial charge in [0.15, 0.2) is 4.80 Å². The van der Waals surface area contributed by atoms with Crippen LogP contribution in [-0.2, 0) is 11.3 Å². The molecule has 0 unspecified atom stereocenters. The van der Waals surface area contributed by atoms with Gasteiger partial charge < -0.3 is 9.30 Å². The Bertz CT molecular complexity index is 1100. The van der Waals surface area contributed by atoms with E-state index in [-0.39, 0.29) is 6.54 Å². The predicted octanol–water partition coefficient (Wildman–Crippen LogP) is 2.41. The van der Waals surface area contributed by atoms with Gasteiger partial charge in [-0.25, -0.2) is 4.79 Å². The minimum atomic E-state index is -0.416. The molecule has 0 saturated heterocycles. The predicted molar refractivity (Wildman–Crippen MR) is 99.1 cm³/mol. The van der Waals surface area contributed by atoms with Crippen molar-refractivity contribution in [3.8, 4) is 12.3 Å². The molecule has 0 spiro atoms. The fourth-order valence-electron chi connectivity index (χ4n) is 2.31. The molecule has 3 aromatic rings. The minimum absolute atomic E-state index is 0.255. The Morgan fingerprint density at radius 2 is 2.23 bits per heavy atom. The average Bonchev–Trinajstić information content (AvgIpc) is 3.19. The number of amides is 1. The van der Waals surface area contributed by atoms with Crippen LogP contribution in [0.2, 0.25) is 0 Å². The molecule has 7 nitrogen and oxygen atoms in total. The number of nitrogens with zero attached hydrogens (tertiary/aromatic N) is 4. The lowest BCUT2D eigenvalue weighted by Gasteiger charge is -2.03. The van der Waals surface area contributed by atoms with E-state index in [1.54, 1.807) is 36.6 Å². The van der Waals surface area contributed by atoms with Crippen molar-refractivity contribution in [1.82, 2.24) is 14.2 Å². The zero-order valence-corrected chi connectivity index (χ0v) is 15.7. The summed E-state index contributed by atoms with van der Waals surface area (Å²) in [6.45, 7) is 4.01. The molecule has 9 heteroatoms. The molecule has 1 amide bonds. The van der Waals surface area contributed by atoms with Crippen LogP contribution in [0.4, 0.5) is 0 Å². The zero-order chi connectivity index (χ0) is 18.7. The van der Waals surface area contributed by atoms with Crippen molar-refractivity contribution in [2.45, 2.75) is 20.4 Å². The number of esters is 1. The second kappa shape index (κ2) is 7.59. The van der Waals surface area contributed by atoms with Gasteiger partial charge in [0, 0.05) is 0 Å². The van der Waals surface area contributed by atoms with Crippen molar-refractivity contribution >= 4 is 45.0 Å². The normalized spacial score (nSPS) is 11.5. The molecule has 2 heterocycles. The van der Waals surface area contributed by atoms with Crippen molar-refractivity contribution in [2.24, 2.45) is 4.99 Å². The van der Waals surface area contributed by atoms with E-state index in [9.17, 15) is 9.59 Å². The number of carbonyl (C=O) groups is 2. The van der Waals surface area contributed by atoms with Crippen molar-refractivity contribution in [3.05, 3.63) is 39.1 Å². The zero-order valence-electron chi connectivity index (χ0n) is 14.1. The number of benzene rings is 1. The summed E-state index contributed by atoms with van der Waals surface area (Å²) in [4.78, 5) is 29.4. The van der Waals surface area contributed by atoms with Crippen LogP contribution in [0.15, 0.2) is 23.2 Å². The van der Waals surface area contributed by atoms with E-state index >= 15 is 0 Å². The Morgan fingerprint density at radius 1 is 1.42 bits per heavy atom. The van der Waals surface area contributed by atoms with Gasteiger partial charge in [0.2, 0.25) is 0 Å². The molecule has 2 aromatic heterocycles. The van der Waals surface area contributed by atoms with Gasteiger partial charge in [-0.1, -0.05) is 21.7 Å². The number of hydrogen-bond donors (Lipinski definition) is 0. The monoisotopic (exact) mass is 386 g/mol. The molecule has 0 fully saturated rings. The molecule has 0 saturated carbocycles. The smallest absolute Gasteiger partial charge is 0.338 e. The highest BCUT2D eigenvalue weighted by Gasteiger charge is 2.15. The molecule has 1 aromatic carbocycles. The number of fused-ring (bicyclic) bond motifs is 1. The molecule has 0 aliphatic rings. The Labute approximate surface area is 157 Å². The second-order valence-corrected chi connectivity index (χ2v) is 6.95. The van der Waals surface area contributed by atoms with Crippen molar-refractivity contribution in [2.75, 3.05) is 6.61 Å². The fraction of sp³-hybridized carbons (Fsp3) is 0.235. The first kappa shape index (κ1) is 18.0. The number of thiazole rings is 1. The van der Waals surface area contributed by atoms with E-state index in [0.29, 0.717) is 27.5 Å². The number of aryl methyl sites for hydroxylation is 1. The maximum absolute atomic E-state index is 12.4. The Kier molecular flexibility index (Phi) is 5.25. The van der Waals surface area contributed by atoms with E-state index in [0.717, 1.165) is 21.7 Å². The second-order valence-electron chi connectivity index (χ2n) is 5.18. The Morgan fingerprint density at radius 3 is 2.88 bits per heavy atom. The van der Waals surface area contributed by atoms with Crippen LogP contribution in [-0.4, -0.2) is 32.6 Å². The number of aromatic nitrogens is 3. The van der Waals surface area contributed by atoms with Gasteiger partial charge in [-0.3, -0.25) is 4.79 Å². The molecule has 132 valence electrons. The topological polar surface area (TPSA) is 86.4 Å². The van der Waals surface area contributed by atoms with Gasteiger partial charge in [0.05, 0.1) is 34.6 Å². The Balaban J connectivity index is 2.12. The quantitative estimate of drug-likeness (QED) is 0.508. The van der Waals surface area contributed by atoms with Crippen LogP contribution in [0.1, 0.15) is 32.6 Å². The van der Waals surface area contributed by atoms with Crippen molar-refractivity contribution in [1.29, 1.82) is 0 Å². The van der Waals surface area contributed by atoms with Gasteiger partial charge in [-0.15, -0.1) is 11.5 Å².